The predicted molar refractivity (Wildman–Crippen MR) is 49.4 cm³/mol. The largest absolute Gasteiger partial charge is 0.329 e. The number of hydrogen-bond donors (Lipinski definition) is 3. The average molecular weight is 159 g/mol. The van der Waals surface area contributed by atoms with Crippen molar-refractivity contribution in [3.63, 3.8) is 0 Å². The van der Waals surface area contributed by atoms with E-state index in [1.54, 1.807) is 0 Å². The summed E-state index contributed by atoms with van der Waals surface area (Å²) in [5.74, 6) is 0. The van der Waals surface area contributed by atoms with E-state index in [-0.39, 0.29) is 11.1 Å². The molecule has 0 aromatic heterocycles. The molecule has 0 aliphatic rings. The minimum absolute atomic E-state index is 0.0249. The fraction of sp³-hybridized carbons (Fsp3) is 1.00. The molecule has 0 amide bonds. The lowest BCUT2D eigenvalue weighted by molar-refractivity contribution is 0.276. The second-order valence-electron chi connectivity index (χ2n) is 4.30. The van der Waals surface area contributed by atoms with Crippen LogP contribution in [0.1, 0.15) is 27.7 Å². The Hall–Kier alpha value is -0.120. The van der Waals surface area contributed by atoms with Crippen LogP contribution in [0, 0.1) is 0 Å². The van der Waals surface area contributed by atoms with E-state index in [4.69, 9.17) is 11.5 Å². The van der Waals surface area contributed by atoms with Crippen LogP contribution in [0.4, 0.5) is 0 Å². The van der Waals surface area contributed by atoms with E-state index in [2.05, 4.69) is 33.0 Å². The second kappa shape index (κ2) is 3.52. The summed E-state index contributed by atoms with van der Waals surface area (Å²) in [6.07, 6.45) is 0. The van der Waals surface area contributed by atoms with Crippen LogP contribution in [-0.4, -0.2) is 24.2 Å². The van der Waals surface area contributed by atoms with Crippen LogP contribution < -0.4 is 16.8 Å². The monoisotopic (exact) mass is 159 g/mol. The Morgan fingerprint density at radius 1 is 0.909 bits per heavy atom. The number of nitrogens with one attached hydrogen (secondary N) is 1. The Morgan fingerprint density at radius 2 is 1.18 bits per heavy atom. The van der Waals surface area contributed by atoms with Crippen molar-refractivity contribution in [1.29, 1.82) is 0 Å². The number of nitrogens with two attached hydrogens (primary N) is 2. The molecule has 0 rings (SSSR count). The van der Waals surface area contributed by atoms with E-state index in [1.807, 2.05) is 0 Å². The number of hydrogen-bond acceptors (Lipinski definition) is 3. The second-order valence-corrected chi connectivity index (χ2v) is 4.30. The molecule has 0 atom stereocenters. The van der Waals surface area contributed by atoms with Crippen LogP contribution in [0.5, 0.6) is 0 Å². The van der Waals surface area contributed by atoms with E-state index in [0.717, 1.165) is 0 Å². The zero-order chi connectivity index (χ0) is 9.12. The van der Waals surface area contributed by atoms with Crippen LogP contribution in [0.3, 0.4) is 0 Å². The van der Waals surface area contributed by atoms with Gasteiger partial charge in [0.25, 0.3) is 0 Å². The normalized spacial score (nSPS) is 13.6. The first-order valence-electron chi connectivity index (χ1n) is 4.02. The van der Waals surface area contributed by atoms with Gasteiger partial charge in [-0.1, -0.05) is 0 Å². The molecular formula is C8H21N3. The predicted octanol–water partition coefficient (Wildman–Crippen LogP) is 0.0506. The summed E-state index contributed by atoms with van der Waals surface area (Å²) in [7, 11) is 0. The molecule has 0 bridgehead atoms. The van der Waals surface area contributed by atoms with E-state index in [0.29, 0.717) is 13.1 Å². The molecule has 0 saturated heterocycles. The molecule has 3 nitrogen and oxygen atoms in total. The third kappa shape index (κ3) is 4.35. The first kappa shape index (κ1) is 10.9. The molecule has 3 heteroatoms. The molecule has 0 unspecified atom stereocenters. The van der Waals surface area contributed by atoms with Crippen molar-refractivity contribution in [3.8, 4) is 0 Å². The smallest absolute Gasteiger partial charge is 0.0252 e. The van der Waals surface area contributed by atoms with E-state index in [9.17, 15) is 0 Å². The van der Waals surface area contributed by atoms with Gasteiger partial charge < -0.3 is 16.8 Å². The van der Waals surface area contributed by atoms with Crippen molar-refractivity contribution in [1.82, 2.24) is 5.32 Å². The fourth-order valence-corrected chi connectivity index (χ4v) is 1.02. The molecule has 0 spiro atoms. The quantitative estimate of drug-likeness (QED) is 0.543. The Balaban J connectivity index is 4.02. The molecule has 0 fully saturated rings. The minimum Gasteiger partial charge on any atom is -0.329 e. The SMILES string of the molecule is CC(C)(CN)NC(C)(C)CN. The van der Waals surface area contributed by atoms with Gasteiger partial charge in [-0.3, -0.25) is 0 Å². The van der Waals surface area contributed by atoms with Gasteiger partial charge in [0.15, 0.2) is 0 Å². The summed E-state index contributed by atoms with van der Waals surface area (Å²) in [5.41, 5.74) is 11.1. The maximum Gasteiger partial charge on any atom is 0.0252 e. The third-order valence-electron chi connectivity index (χ3n) is 1.70. The summed E-state index contributed by atoms with van der Waals surface area (Å²) in [5, 5.41) is 3.38. The molecule has 0 aliphatic heterocycles. The summed E-state index contributed by atoms with van der Waals surface area (Å²) >= 11 is 0. The lowest BCUT2D eigenvalue weighted by atomic mass is 9.98. The van der Waals surface area contributed by atoms with Crippen molar-refractivity contribution in [2.24, 2.45) is 11.5 Å². The highest BCUT2D eigenvalue weighted by Crippen LogP contribution is 2.07. The Bertz CT molecular complexity index is 105. The zero-order valence-corrected chi connectivity index (χ0v) is 8.07. The standard InChI is InChI=1S/C8H21N3/c1-7(2,5-9)11-8(3,4)6-10/h11H,5-6,9-10H2,1-4H3. The van der Waals surface area contributed by atoms with E-state index >= 15 is 0 Å². The van der Waals surface area contributed by atoms with Gasteiger partial charge in [-0.05, 0) is 27.7 Å². The Kier molecular flexibility index (Phi) is 3.48. The maximum absolute atomic E-state index is 5.56. The van der Waals surface area contributed by atoms with Crippen molar-refractivity contribution >= 4 is 0 Å². The van der Waals surface area contributed by atoms with E-state index in [1.165, 1.54) is 0 Å². The number of rotatable bonds is 4. The molecule has 0 aromatic rings. The maximum atomic E-state index is 5.56. The lowest BCUT2D eigenvalue weighted by Crippen LogP contribution is -2.58. The Morgan fingerprint density at radius 3 is 1.36 bits per heavy atom. The van der Waals surface area contributed by atoms with Gasteiger partial charge in [0.2, 0.25) is 0 Å². The van der Waals surface area contributed by atoms with Gasteiger partial charge in [0, 0.05) is 24.2 Å². The van der Waals surface area contributed by atoms with Crippen LogP contribution in [0.25, 0.3) is 0 Å². The Labute approximate surface area is 69.5 Å². The topological polar surface area (TPSA) is 64.1 Å². The van der Waals surface area contributed by atoms with Crippen molar-refractivity contribution < 1.29 is 0 Å². The molecule has 0 aliphatic carbocycles. The molecule has 0 radical (unpaired) electrons. The van der Waals surface area contributed by atoms with Gasteiger partial charge >= 0.3 is 0 Å². The highest BCUT2D eigenvalue weighted by Gasteiger charge is 2.24. The zero-order valence-electron chi connectivity index (χ0n) is 8.07. The third-order valence-corrected chi connectivity index (χ3v) is 1.70. The van der Waals surface area contributed by atoms with Crippen molar-refractivity contribution in [2.75, 3.05) is 13.1 Å². The fourth-order valence-electron chi connectivity index (χ4n) is 1.02. The molecule has 68 valence electrons. The molecule has 0 heterocycles. The van der Waals surface area contributed by atoms with Crippen LogP contribution >= 0.6 is 0 Å². The van der Waals surface area contributed by atoms with Gasteiger partial charge in [-0.25, -0.2) is 0 Å². The highest BCUT2D eigenvalue weighted by atomic mass is 15.1. The first-order chi connectivity index (χ1) is 4.83. The lowest BCUT2D eigenvalue weighted by Gasteiger charge is -2.35. The molecule has 0 aromatic carbocycles. The molecule has 11 heavy (non-hydrogen) atoms. The summed E-state index contributed by atoms with van der Waals surface area (Å²) in [6.45, 7) is 9.54. The van der Waals surface area contributed by atoms with Crippen LogP contribution in [0.15, 0.2) is 0 Å². The summed E-state index contributed by atoms with van der Waals surface area (Å²) in [6, 6.07) is 0. The summed E-state index contributed by atoms with van der Waals surface area (Å²) < 4.78 is 0. The van der Waals surface area contributed by atoms with Crippen molar-refractivity contribution in [2.45, 2.75) is 38.8 Å². The van der Waals surface area contributed by atoms with E-state index < -0.39 is 0 Å². The average Bonchev–Trinajstić information content (AvgIpc) is 1.86. The van der Waals surface area contributed by atoms with Crippen LogP contribution in [0.2, 0.25) is 0 Å². The van der Waals surface area contributed by atoms with Gasteiger partial charge in [-0.2, -0.15) is 0 Å². The van der Waals surface area contributed by atoms with Gasteiger partial charge in [0.1, 0.15) is 0 Å². The van der Waals surface area contributed by atoms with Gasteiger partial charge in [-0.15, -0.1) is 0 Å². The highest BCUT2D eigenvalue weighted by molar-refractivity contribution is 4.89. The van der Waals surface area contributed by atoms with Gasteiger partial charge in [0.05, 0.1) is 0 Å². The van der Waals surface area contributed by atoms with Crippen molar-refractivity contribution in [3.05, 3.63) is 0 Å². The van der Waals surface area contributed by atoms with Crippen LogP contribution in [-0.2, 0) is 0 Å². The molecule has 0 saturated carbocycles. The summed E-state index contributed by atoms with van der Waals surface area (Å²) in [4.78, 5) is 0. The minimum atomic E-state index is -0.0249. The first-order valence-corrected chi connectivity index (χ1v) is 4.02. The molecular weight excluding hydrogens is 138 g/mol. The molecule has 5 N–H and O–H groups in total.